The molecule has 5 heteroatoms. The van der Waals surface area contributed by atoms with Crippen LogP contribution in [0.2, 0.25) is 5.02 Å². The molecule has 0 aliphatic heterocycles. The minimum absolute atomic E-state index is 0.0935. The SMILES string of the molecule is CCCSc1c(Cl)cccc1[N+](=O)[O-]. The molecule has 0 aliphatic rings. The van der Waals surface area contributed by atoms with E-state index in [0.29, 0.717) is 9.92 Å². The van der Waals surface area contributed by atoms with Crippen molar-refractivity contribution in [1.82, 2.24) is 0 Å². The quantitative estimate of drug-likeness (QED) is 0.450. The lowest BCUT2D eigenvalue weighted by Gasteiger charge is -2.03. The first-order chi connectivity index (χ1) is 6.66. The zero-order valence-electron chi connectivity index (χ0n) is 7.70. The predicted molar refractivity (Wildman–Crippen MR) is 59.1 cm³/mol. The van der Waals surface area contributed by atoms with Gasteiger partial charge in [-0.3, -0.25) is 10.1 Å². The van der Waals surface area contributed by atoms with Crippen LogP contribution in [0.1, 0.15) is 13.3 Å². The van der Waals surface area contributed by atoms with Crippen molar-refractivity contribution in [2.45, 2.75) is 18.2 Å². The minimum Gasteiger partial charge on any atom is -0.258 e. The Morgan fingerprint density at radius 2 is 2.29 bits per heavy atom. The third-order valence-corrected chi connectivity index (χ3v) is 3.35. The highest BCUT2D eigenvalue weighted by atomic mass is 35.5. The molecule has 0 saturated heterocycles. The van der Waals surface area contributed by atoms with E-state index in [9.17, 15) is 10.1 Å². The van der Waals surface area contributed by atoms with E-state index >= 15 is 0 Å². The number of hydrogen-bond acceptors (Lipinski definition) is 3. The molecule has 1 rings (SSSR count). The second-order valence-electron chi connectivity index (χ2n) is 2.69. The van der Waals surface area contributed by atoms with Crippen molar-refractivity contribution in [3.63, 3.8) is 0 Å². The number of hydrogen-bond donors (Lipinski definition) is 0. The molecule has 0 bridgehead atoms. The first-order valence-corrected chi connectivity index (χ1v) is 5.59. The van der Waals surface area contributed by atoms with Gasteiger partial charge < -0.3 is 0 Å². The molecule has 1 aromatic carbocycles. The maximum absolute atomic E-state index is 10.7. The van der Waals surface area contributed by atoms with Crippen LogP contribution < -0.4 is 0 Å². The van der Waals surface area contributed by atoms with E-state index < -0.39 is 4.92 Å². The minimum atomic E-state index is -0.399. The maximum Gasteiger partial charge on any atom is 0.284 e. The molecule has 0 fully saturated rings. The third kappa shape index (κ3) is 2.62. The van der Waals surface area contributed by atoms with Crippen molar-refractivity contribution >= 4 is 29.1 Å². The van der Waals surface area contributed by atoms with Gasteiger partial charge in [-0.25, -0.2) is 0 Å². The topological polar surface area (TPSA) is 43.1 Å². The largest absolute Gasteiger partial charge is 0.284 e. The molecular weight excluding hydrogens is 222 g/mol. The lowest BCUT2D eigenvalue weighted by atomic mass is 10.3. The van der Waals surface area contributed by atoms with Crippen LogP contribution in [-0.4, -0.2) is 10.7 Å². The van der Waals surface area contributed by atoms with Gasteiger partial charge in [0.1, 0.15) is 4.90 Å². The van der Waals surface area contributed by atoms with Gasteiger partial charge in [0.2, 0.25) is 0 Å². The summed E-state index contributed by atoms with van der Waals surface area (Å²) in [5.41, 5.74) is 0.0935. The monoisotopic (exact) mass is 231 g/mol. The van der Waals surface area contributed by atoms with E-state index in [1.54, 1.807) is 12.1 Å². The highest BCUT2D eigenvalue weighted by Crippen LogP contribution is 2.35. The fraction of sp³-hybridized carbons (Fsp3) is 0.333. The van der Waals surface area contributed by atoms with E-state index in [1.807, 2.05) is 6.92 Å². The van der Waals surface area contributed by atoms with Gasteiger partial charge in [0.05, 0.1) is 9.95 Å². The Labute approximate surface area is 91.6 Å². The van der Waals surface area contributed by atoms with Crippen LogP contribution in [0, 0.1) is 10.1 Å². The van der Waals surface area contributed by atoms with Crippen molar-refractivity contribution in [2.24, 2.45) is 0 Å². The van der Waals surface area contributed by atoms with Crippen LogP contribution in [0.3, 0.4) is 0 Å². The van der Waals surface area contributed by atoms with Crippen LogP contribution in [0.5, 0.6) is 0 Å². The van der Waals surface area contributed by atoms with E-state index in [4.69, 9.17) is 11.6 Å². The fourth-order valence-electron chi connectivity index (χ4n) is 0.988. The number of nitro groups is 1. The van der Waals surface area contributed by atoms with Crippen LogP contribution in [0.15, 0.2) is 23.1 Å². The summed E-state index contributed by atoms with van der Waals surface area (Å²) in [6.45, 7) is 2.02. The first kappa shape index (κ1) is 11.3. The molecule has 0 atom stereocenters. The molecule has 0 aromatic heterocycles. The number of thioether (sulfide) groups is 1. The molecule has 1 aromatic rings. The number of nitro benzene ring substituents is 1. The Bertz CT molecular complexity index is 344. The number of rotatable bonds is 4. The Morgan fingerprint density at radius 3 is 2.86 bits per heavy atom. The van der Waals surface area contributed by atoms with E-state index in [-0.39, 0.29) is 5.69 Å². The van der Waals surface area contributed by atoms with Crippen molar-refractivity contribution in [3.8, 4) is 0 Å². The van der Waals surface area contributed by atoms with Gasteiger partial charge in [0, 0.05) is 6.07 Å². The standard InChI is InChI=1S/C9H10ClNO2S/c1-2-6-14-9-7(10)4-3-5-8(9)11(12)13/h3-5H,2,6H2,1H3. The molecule has 0 heterocycles. The molecule has 14 heavy (non-hydrogen) atoms. The van der Waals surface area contributed by atoms with Crippen LogP contribution in [0.4, 0.5) is 5.69 Å². The predicted octanol–water partition coefficient (Wildman–Crippen LogP) is 3.75. The second kappa shape index (κ2) is 5.22. The number of halogens is 1. The summed E-state index contributed by atoms with van der Waals surface area (Å²) < 4.78 is 0. The Kier molecular flexibility index (Phi) is 4.22. The summed E-state index contributed by atoms with van der Waals surface area (Å²) in [6.07, 6.45) is 0.965. The summed E-state index contributed by atoms with van der Waals surface area (Å²) in [7, 11) is 0. The van der Waals surface area contributed by atoms with Gasteiger partial charge in [-0.15, -0.1) is 11.8 Å². The molecule has 0 aliphatic carbocycles. The van der Waals surface area contributed by atoms with Crippen LogP contribution in [-0.2, 0) is 0 Å². The normalized spacial score (nSPS) is 10.1. The van der Waals surface area contributed by atoms with Crippen molar-refractivity contribution in [1.29, 1.82) is 0 Å². The highest BCUT2D eigenvalue weighted by Gasteiger charge is 2.16. The van der Waals surface area contributed by atoms with E-state index in [1.165, 1.54) is 17.8 Å². The molecule has 3 nitrogen and oxygen atoms in total. The summed E-state index contributed by atoms with van der Waals surface area (Å²) >= 11 is 7.31. The molecule has 76 valence electrons. The molecule has 0 N–H and O–H groups in total. The average Bonchev–Trinajstić information content (AvgIpc) is 2.15. The fourth-order valence-corrected chi connectivity index (χ4v) is 2.23. The van der Waals surface area contributed by atoms with Crippen LogP contribution in [0.25, 0.3) is 0 Å². The third-order valence-electron chi connectivity index (χ3n) is 1.59. The van der Waals surface area contributed by atoms with Gasteiger partial charge in [-0.05, 0) is 18.2 Å². The highest BCUT2D eigenvalue weighted by molar-refractivity contribution is 7.99. The zero-order valence-corrected chi connectivity index (χ0v) is 9.27. The lowest BCUT2D eigenvalue weighted by Crippen LogP contribution is -1.91. The first-order valence-electron chi connectivity index (χ1n) is 4.22. The lowest BCUT2D eigenvalue weighted by molar-refractivity contribution is -0.387. The molecule has 0 amide bonds. The smallest absolute Gasteiger partial charge is 0.258 e. The van der Waals surface area contributed by atoms with E-state index in [0.717, 1.165) is 12.2 Å². The Balaban J connectivity index is 3.02. The van der Waals surface area contributed by atoms with Crippen molar-refractivity contribution in [2.75, 3.05) is 5.75 Å². The van der Waals surface area contributed by atoms with Crippen molar-refractivity contribution < 1.29 is 4.92 Å². The van der Waals surface area contributed by atoms with Gasteiger partial charge >= 0.3 is 0 Å². The molecule has 0 saturated carbocycles. The molecule has 0 radical (unpaired) electrons. The number of benzene rings is 1. The van der Waals surface area contributed by atoms with Gasteiger partial charge in [-0.2, -0.15) is 0 Å². The number of nitrogens with zero attached hydrogens (tertiary/aromatic N) is 1. The van der Waals surface area contributed by atoms with Gasteiger partial charge in [-0.1, -0.05) is 24.6 Å². The summed E-state index contributed by atoms with van der Waals surface area (Å²) in [6, 6.07) is 4.74. The Hall–Kier alpha value is -0.740. The maximum atomic E-state index is 10.7. The van der Waals surface area contributed by atoms with E-state index in [2.05, 4.69) is 0 Å². The summed E-state index contributed by atoms with van der Waals surface area (Å²) in [5, 5.41) is 11.1. The zero-order chi connectivity index (χ0) is 10.6. The average molecular weight is 232 g/mol. The van der Waals surface area contributed by atoms with Crippen LogP contribution >= 0.6 is 23.4 Å². The summed E-state index contributed by atoms with van der Waals surface area (Å²) in [4.78, 5) is 10.8. The molecule has 0 unspecified atom stereocenters. The second-order valence-corrected chi connectivity index (χ2v) is 4.21. The van der Waals surface area contributed by atoms with Gasteiger partial charge in [0.25, 0.3) is 5.69 Å². The van der Waals surface area contributed by atoms with Gasteiger partial charge in [0.15, 0.2) is 0 Å². The molecule has 0 spiro atoms. The van der Waals surface area contributed by atoms with Crippen molar-refractivity contribution in [3.05, 3.63) is 33.3 Å². The summed E-state index contributed by atoms with van der Waals surface area (Å²) in [5.74, 6) is 0.838. The Morgan fingerprint density at radius 1 is 1.57 bits per heavy atom. The molecular formula is C9H10ClNO2S.